The second kappa shape index (κ2) is 8.42. The second-order valence-electron chi connectivity index (χ2n) is 5.50. The molecule has 5 heteroatoms. The Labute approximate surface area is 156 Å². The summed E-state index contributed by atoms with van der Waals surface area (Å²) < 4.78 is 0. The predicted molar refractivity (Wildman–Crippen MR) is 110 cm³/mol. The molecule has 1 N–H and O–H groups in total. The number of hydrogen-bond acceptors (Lipinski definition) is 3. The van der Waals surface area contributed by atoms with Gasteiger partial charge < -0.3 is 10.2 Å². The molecule has 0 atom stereocenters. The molecule has 0 saturated carbocycles. The maximum Gasteiger partial charge on any atom is 0.174 e. The molecule has 0 fully saturated rings. The minimum Gasteiger partial charge on any atom is -0.339 e. The van der Waals surface area contributed by atoms with Crippen LogP contribution in [0.5, 0.6) is 0 Å². The van der Waals surface area contributed by atoms with E-state index in [9.17, 15) is 0 Å². The van der Waals surface area contributed by atoms with Gasteiger partial charge in [-0.25, -0.2) is 0 Å². The predicted octanol–water partition coefficient (Wildman–Crippen LogP) is 5.77. The minimum absolute atomic E-state index is 0.765. The Balaban J connectivity index is 1.71. The molecule has 124 valence electrons. The molecule has 0 aliphatic carbocycles. The maximum absolute atomic E-state index is 5.69. The second-order valence-corrected chi connectivity index (χ2v) is 7.95. The van der Waals surface area contributed by atoms with E-state index in [4.69, 9.17) is 12.2 Å². The van der Waals surface area contributed by atoms with Gasteiger partial charge in [0.1, 0.15) is 0 Å². The van der Waals surface area contributed by atoms with Gasteiger partial charge in [0.05, 0.1) is 13.1 Å². The minimum atomic E-state index is 0.765. The van der Waals surface area contributed by atoms with Crippen LogP contribution in [0.4, 0.5) is 5.69 Å². The van der Waals surface area contributed by atoms with Crippen LogP contribution in [0.15, 0.2) is 59.3 Å². The van der Waals surface area contributed by atoms with Crippen LogP contribution >= 0.6 is 34.9 Å². The fraction of sp³-hybridized carbons (Fsp3) is 0.211. The summed E-state index contributed by atoms with van der Waals surface area (Å²) in [6.07, 6.45) is 1.05. The molecule has 2 nitrogen and oxygen atoms in total. The smallest absolute Gasteiger partial charge is 0.174 e. The maximum atomic E-state index is 5.69. The highest BCUT2D eigenvalue weighted by Gasteiger charge is 2.13. The molecule has 3 rings (SSSR count). The van der Waals surface area contributed by atoms with Gasteiger partial charge in [-0.05, 0) is 59.2 Å². The quantitative estimate of drug-likeness (QED) is 0.553. The molecule has 0 radical (unpaired) electrons. The van der Waals surface area contributed by atoms with Crippen LogP contribution in [0, 0.1) is 0 Å². The van der Waals surface area contributed by atoms with Crippen LogP contribution in [0.3, 0.4) is 0 Å². The molecular formula is C19H20N2S3. The Bertz CT molecular complexity index is 710. The van der Waals surface area contributed by atoms with Crippen molar-refractivity contribution in [3.05, 3.63) is 74.6 Å². The lowest BCUT2D eigenvalue weighted by Gasteiger charge is -2.25. The van der Waals surface area contributed by atoms with E-state index >= 15 is 0 Å². The number of hydrogen-bond donors (Lipinski definition) is 1. The Morgan fingerprint density at radius 2 is 1.54 bits per heavy atom. The van der Waals surface area contributed by atoms with E-state index in [-0.39, 0.29) is 0 Å². The van der Waals surface area contributed by atoms with Crippen molar-refractivity contribution in [2.24, 2.45) is 0 Å². The van der Waals surface area contributed by atoms with E-state index in [0.29, 0.717) is 0 Å². The fourth-order valence-corrected chi connectivity index (χ4v) is 4.09. The Kier molecular flexibility index (Phi) is 6.01. The summed E-state index contributed by atoms with van der Waals surface area (Å²) in [7, 11) is 0. The first-order valence-corrected chi connectivity index (χ1v) is 10.1. The molecule has 0 unspecified atom stereocenters. The summed E-state index contributed by atoms with van der Waals surface area (Å²) in [6.45, 7) is 3.82. The number of aryl methyl sites for hydroxylation is 1. The molecule has 0 aliphatic heterocycles. The Morgan fingerprint density at radius 1 is 0.958 bits per heavy atom. The molecule has 0 spiro atoms. The zero-order valence-corrected chi connectivity index (χ0v) is 16.0. The average molecular weight is 373 g/mol. The third-order valence-corrected chi connectivity index (χ3v) is 5.84. The Hall–Kier alpha value is -1.69. The lowest BCUT2D eigenvalue weighted by Crippen LogP contribution is -2.33. The number of thiophene rings is 2. The summed E-state index contributed by atoms with van der Waals surface area (Å²) >= 11 is 9.22. The number of benzene rings is 1. The molecule has 24 heavy (non-hydrogen) atoms. The standard InChI is InChI=1S/C19H20N2S3/c1-2-15-7-9-16(10-8-15)20-19(22)21(13-17-5-3-11-23-17)14-18-6-4-12-24-18/h3-12H,2,13-14H2,1H3,(H,20,22). The highest BCUT2D eigenvalue weighted by atomic mass is 32.1. The molecule has 2 aromatic heterocycles. The summed E-state index contributed by atoms with van der Waals surface area (Å²) in [6, 6.07) is 17.0. The van der Waals surface area contributed by atoms with Crippen LogP contribution in [0.1, 0.15) is 22.2 Å². The lowest BCUT2D eigenvalue weighted by atomic mass is 10.1. The van der Waals surface area contributed by atoms with Crippen molar-refractivity contribution >= 4 is 45.7 Å². The molecule has 2 heterocycles. The highest BCUT2D eigenvalue weighted by molar-refractivity contribution is 7.80. The summed E-state index contributed by atoms with van der Waals surface area (Å²) in [5.41, 5.74) is 2.38. The number of nitrogens with one attached hydrogen (secondary N) is 1. The average Bonchev–Trinajstić information content (AvgIpc) is 3.29. The Morgan fingerprint density at radius 3 is 2.00 bits per heavy atom. The monoisotopic (exact) mass is 372 g/mol. The van der Waals surface area contributed by atoms with E-state index < -0.39 is 0 Å². The van der Waals surface area contributed by atoms with Gasteiger partial charge in [-0.1, -0.05) is 31.2 Å². The number of anilines is 1. The normalized spacial score (nSPS) is 10.5. The van der Waals surface area contributed by atoms with Crippen LogP contribution in [-0.2, 0) is 19.5 Å². The van der Waals surface area contributed by atoms with Crippen LogP contribution in [0.25, 0.3) is 0 Å². The molecule has 1 aromatic carbocycles. The van der Waals surface area contributed by atoms with Crippen molar-refractivity contribution in [3.63, 3.8) is 0 Å². The summed E-state index contributed by atoms with van der Waals surface area (Å²) in [4.78, 5) is 4.86. The first-order valence-electron chi connectivity index (χ1n) is 7.94. The first kappa shape index (κ1) is 17.1. The van der Waals surface area contributed by atoms with Crippen LogP contribution in [0.2, 0.25) is 0 Å². The van der Waals surface area contributed by atoms with E-state index in [1.807, 2.05) is 0 Å². The number of nitrogens with zero attached hydrogens (tertiary/aromatic N) is 1. The SMILES string of the molecule is CCc1ccc(NC(=S)N(Cc2cccs2)Cc2cccs2)cc1. The van der Waals surface area contributed by atoms with Gasteiger partial charge >= 0.3 is 0 Å². The van der Waals surface area contributed by atoms with Gasteiger partial charge in [0, 0.05) is 15.4 Å². The third kappa shape index (κ3) is 4.66. The van der Waals surface area contributed by atoms with Crippen molar-refractivity contribution in [2.45, 2.75) is 26.4 Å². The van der Waals surface area contributed by atoms with E-state index in [2.05, 4.69) is 76.4 Å². The van der Waals surface area contributed by atoms with Crippen LogP contribution < -0.4 is 5.32 Å². The topological polar surface area (TPSA) is 15.3 Å². The molecule has 0 amide bonds. The molecule has 0 bridgehead atoms. The van der Waals surface area contributed by atoms with Crippen molar-refractivity contribution in [3.8, 4) is 0 Å². The zero-order valence-electron chi connectivity index (χ0n) is 13.6. The van der Waals surface area contributed by atoms with Crippen molar-refractivity contribution in [1.29, 1.82) is 0 Å². The van der Waals surface area contributed by atoms with Gasteiger partial charge in [-0.15, -0.1) is 22.7 Å². The van der Waals surface area contributed by atoms with Gasteiger partial charge in [-0.2, -0.15) is 0 Å². The summed E-state index contributed by atoms with van der Waals surface area (Å²) in [5, 5.41) is 8.37. The van der Waals surface area contributed by atoms with Crippen molar-refractivity contribution < 1.29 is 0 Å². The molecule has 3 aromatic rings. The van der Waals surface area contributed by atoms with Crippen molar-refractivity contribution in [1.82, 2.24) is 4.90 Å². The van der Waals surface area contributed by atoms with Crippen LogP contribution in [-0.4, -0.2) is 10.0 Å². The van der Waals surface area contributed by atoms with Gasteiger partial charge in [0.15, 0.2) is 5.11 Å². The molecule has 0 aliphatic rings. The highest BCUT2D eigenvalue weighted by Crippen LogP contribution is 2.19. The van der Waals surface area contributed by atoms with Gasteiger partial charge in [0.25, 0.3) is 0 Å². The summed E-state index contributed by atoms with van der Waals surface area (Å²) in [5.74, 6) is 0. The van der Waals surface area contributed by atoms with Gasteiger partial charge in [0.2, 0.25) is 0 Å². The largest absolute Gasteiger partial charge is 0.339 e. The lowest BCUT2D eigenvalue weighted by molar-refractivity contribution is 0.420. The zero-order chi connectivity index (χ0) is 16.8. The number of thiocarbonyl (C=S) groups is 1. The van der Waals surface area contributed by atoms with E-state index in [0.717, 1.165) is 30.3 Å². The fourth-order valence-electron chi connectivity index (χ4n) is 2.41. The molecular weight excluding hydrogens is 352 g/mol. The van der Waals surface area contributed by atoms with E-state index in [1.54, 1.807) is 22.7 Å². The molecule has 0 saturated heterocycles. The van der Waals surface area contributed by atoms with E-state index in [1.165, 1.54) is 15.3 Å². The van der Waals surface area contributed by atoms with Gasteiger partial charge in [-0.3, -0.25) is 0 Å². The first-order chi connectivity index (χ1) is 11.7. The number of rotatable bonds is 6. The third-order valence-electron chi connectivity index (χ3n) is 3.75. The van der Waals surface area contributed by atoms with Crippen molar-refractivity contribution in [2.75, 3.05) is 5.32 Å².